The van der Waals surface area contributed by atoms with Gasteiger partial charge in [0.1, 0.15) is 6.61 Å². The van der Waals surface area contributed by atoms with Crippen LogP contribution in [0, 0.1) is 11.8 Å². The second-order valence-corrected chi connectivity index (χ2v) is 23.5. The van der Waals surface area contributed by atoms with Crippen molar-refractivity contribution in [3.8, 4) is 11.1 Å². The molecule has 0 saturated carbocycles. The molecule has 4 aromatic carbocycles. The normalized spacial score (nSPS) is 18.0. The van der Waals surface area contributed by atoms with Crippen LogP contribution in [0.3, 0.4) is 0 Å². The molecule has 88 heavy (non-hydrogen) atoms. The van der Waals surface area contributed by atoms with Gasteiger partial charge in [-0.15, -0.1) is 0 Å². The van der Waals surface area contributed by atoms with Crippen LogP contribution < -0.4 is 26.1 Å². The van der Waals surface area contributed by atoms with E-state index in [4.69, 9.17) is 23.9 Å². The number of carbonyl (C=O) groups is 3. The minimum Gasteiger partial charge on any atom is -0.448 e. The molecule has 5 aliphatic rings. The third kappa shape index (κ3) is 14.9. The fourth-order valence-corrected chi connectivity index (χ4v) is 12.8. The number of nitrogens with one attached hydrogen (secondary N) is 3. The zero-order valence-corrected chi connectivity index (χ0v) is 51.6. The van der Waals surface area contributed by atoms with Crippen LogP contribution in [0.4, 0.5) is 16.7 Å². The number of aryl methyl sites for hydroxylation is 2. The first kappa shape index (κ1) is 61.9. The summed E-state index contributed by atoms with van der Waals surface area (Å²) >= 11 is 0. The monoisotopic (exact) mass is 1230 g/mol. The Bertz CT molecular complexity index is 3570. The third-order valence-corrected chi connectivity index (χ3v) is 17.6. The van der Waals surface area contributed by atoms with Crippen molar-refractivity contribution >= 4 is 51.6 Å². The number of piperidine rings is 2. The number of para-hydroxylation sites is 2. The van der Waals surface area contributed by atoms with Crippen LogP contribution in [-0.4, -0.2) is 124 Å². The van der Waals surface area contributed by atoms with E-state index in [9.17, 15) is 14.4 Å². The quantitative estimate of drug-likeness (QED) is 0.0684. The Labute approximate surface area is 525 Å². The van der Waals surface area contributed by atoms with Crippen molar-refractivity contribution in [3.05, 3.63) is 168 Å². The van der Waals surface area contributed by atoms with E-state index >= 15 is 0 Å². The summed E-state index contributed by atoms with van der Waals surface area (Å²) in [6.45, 7) is 7.80. The number of amides is 3. The summed E-state index contributed by atoms with van der Waals surface area (Å²) in [5.41, 5.74) is 15.3. The maximum absolute atomic E-state index is 14.1. The molecule has 8 aromatic rings. The molecule has 4 aliphatic heterocycles. The minimum atomic E-state index is -0.425. The van der Waals surface area contributed by atoms with Crippen LogP contribution in [0.1, 0.15) is 113 Å². The van der Waals surface area contributed by atoms with Crippen LogP contribution in [0.2, 0.25) is 0 Å². The minimum absolute atomic E-state index is 0. The van der Waals surface area contributed by atoms with Gasteiger partial charge in [0.2, 0.25) is 11.9 Å². The smallest absolute Gasteiger partial charge is 0.410 e. The molecule has 3 N–H and O–H groups in total. The number of anilines is 2. The molecule has 2 unspecified atom stereocenters. The van der Waals surface area contributed by atoms with Crippen LogP contribution in [0.15, 0.2) is 134 Å². The van der Waals surface area contributed by atoms with Gasteiger partial charge in [-0.2, -0.15) is 0 Å². The van der Waals surface area contributed by atoms with E-state index in [1.807, 2.05) is 24.1 Å². The van der Waals surface area contributed by atoms with Crippen LogP contribution in [0.25, 0.3) is 32.9 Å². The zero-order valence-electron chi connectivity index (χ0n) is 50.2. The molecule has 0 spiro atoms. The van der Waals surface area contributed by atoms with Gasteiger partial charge in [0.25, 0.3) is 11.8 Å². The van der Waals surface area contributed by atoms with E-state index < -0.39 is 12.2 Å². The fourth-order valence-electron chi connectivity index (χ4n) is 12.8. The van der Waals surface area contributed by atoms with Crippen molar-refractivity contribution < 1.29 is 56.8 Å². The fraction of sp³-hybridized carbons (Fsp3) is 0.418. The number of nitrogens with zero attached hydrogens (tertiary/aromatic N) is 9. The van der Waals surface area contributed by atoms with E-state index in [1.165, 1.54) is 51.1 Å². The first-order chi connectivity index (χ1) is 42.7. The molecule has 1 radical (unpaired) electrons. The standard InChI is InChI=1S/C41H44N6O5.C26H34N6O3.V/c1-45-25-30(31-10-6-7-15-37(31)45)26-47(41(49)51-27-36-34-13-4-2-11-32(34)33-12-3-5-14-35(33)36)24-28-17-19-46(20-18-28)40-42-22-29(23-43-40)39(48)44-52-38-16-8-9-21-50-38;1-31-18-21(22-6-2-3-7-23(22)31)15-27-14-19-9-11-32(12-10-19)26-28-16-20(17-29-26)25(33)30-35-24-8-4-5-13-34-24;/h2-7,10-15,22-23,25,28,36,38H,8-9,16-21,24,26-27H2,1H3,(H,44,48);2-3,6-7,16-19,24,27H,4-5,8-15H2,1H3,(H,30,33);. The van der Waals surface area contributed by atoms with E-state index in [0.717, 1.165) is 120 Å². The Kier molecular flexibility index (Phi) is 20.8. The van der Waals surface area contributed by atoms with Crippen molar-refractivity contribution in [1.29, 1.82) is 0 Å². The maximum atomic E-state index is 14.1. The number of aromatic nitrogens is 6. The number of rotatable bonds is 18. The van der Waals surface area contributed by atoms with Crippen LogP contribution in [0.5, 0.6) is 0 Å². The average Bonchev–Trinajstić information content (AvgIpc) is 2.69. The van der Waals surface area contributed by atoms with Crippen molar-refractivity contribution in [3.63, 3.8) is 0 Å². The Morgan fingerprint density at radius 3 is 1.56 bits per heavy atom. The molecule has 0 bridgehead atoms. The second kappa shape index (κ2) is 29.5. The van der Waals surface area contributed by atoms with E-state index in [2.05, 4.69) is 160 Å². The van der Waals surface area contributed by atoms with Gasteiger partial charge >= 0.3 is 6.09 Å². The Hall–Kier alpha value is -7.69. The summed E-state index contributed by atoms with van der Waals surface area (Å²) in [6.07, 6.45) is 18.9. The summed E-state index contributed by atoms with van der Waals surface area (Å²) in [6, 6.07) is 33.7. The molecule has 4 saturated heterocycles. The van der Waals surface area contributed by atoms with Crippen molar-refractivity contribution in [2.75, 3.05) is 68.9 Å². The largest absolute Gasteiger partial charge is 0.448 e. The molecular weight excluding hydrogens is 1150 g/mol. The zero-order chi connectivity index (χ0) is 59.5. The van der Waals surface area contributed by atoms with Gasteiger partial charge in [-0.3, -0.25) is 9.59 Å². The first-order valence-corrected chi connectivity index (χ1v) is 30.8. The molecular formula is C67H78N12O8V. The summed E-state index contributed by atoms with van der Waals surface area (Å²) < 4.78 is 21.5. The van der Waals surface area contributed by atoms with Crippen molar-refractivity contribution in [2.45, 2.75) is 95.8 Å². The number of hydrogen-bond donors (Lipinski definition) is 3. The Morgan fingerprint density at radius 2 is 1.05 bits per heavy atom. The van der Waals surface area contributed by atoms with E-state index in [1.54, 1.807) is 12.4 Å². The Balaban J connectivity index is 0.000000194. The van der Waals surface area contributed by atoms with Crippen LogP contribution >= 0.6 is 0 Å². The number of fused-ring (bicyclic) bond motifs is 5. The van der Waals surface area contributed by atoms with Crippen LogP contribution in [-0.2, 0) is 69.6 Å². The molecule has 20 nitrogen and oxygen atoms in total. The molecule has 8 heterocycles. The van der Waals surface area contributed by atoms with Gasteiger partial charge in [0.15, 0.2) is 12.6 Å². The molecule has 3 amide bonds. The van der Waals surface area contributed by atoms with Gasteiger partial charge in [-0.1, -0.05) is 84.9 Å². The summed E-state index contributed by atoms with van der Waals surface area (Å²) in [7, 11) is 4.14. The van der Waals surface area contributed by atoms with E-state index in [-0.39, 0.29) is 55.3 Å². The number of carbonyl (C=O) groups excluding carboxylic acids is 3. The second-order valence-electron chi connectivity index (χ2n) is 23.5. The molecule has 2 atom stereocenters. The molecule has 459 valence electrons. The number of ether oxygens (including phenoxy) is 3. The SMILES string of the molecule is Cn1cc(CN(CC2CCN(c3ncc(C(=O)NOC4CCCCO4)cn3)CC2)C(=O)OCC2c3ccccc3-c3ccccc32)c2ccccc21.Cn1cc(CNCC2CCN(c3ncc(C(=O)NOC4CCCCO4)cn3)CC2)c2ccccc21.[V]. The molecule has 4 aromatic heterocycles. The van der Waals surface area contributed by atoms with Gasteiger partial charge in [-0.05, 0) is 115 Å². The van der Waals surface area contributed by atoms with Crippen molar-refractivity contribution in [2.24, 2.45) is 25.9 Å². The summed E-state index contributed by atoms with van der Waals surface area (Å²) in [5.74, 6) is 1.38. The van der Waals surface area contributed by atoms with Crippen molar-refractivity contribution in [1.82, 2.24) is 50.2 Å². The van der Waals surface area contributed by atoms with Gasteiger partial charge < -0.3 is 43.4 Å². The molecule has 1 aliphatic carbocycles. The first-order valence-electron chi connectivity index (χ1n) is 30.8. The molecule has 21 heteroatoms. The molecule has 13 rings (SSSR count). The Morgan fingerprint density at radius 1 is 0.580 bits per heavy atom. The average molecular weight is 1230 g/mol. The predicted molar refractivity (Wildman–Crippen MR) is 331 cm³/mol. The summed E-state index contributed by atoms with van der Waals surface area (Å²) in [4.78, 5) is 73.8. The number of benzene rings is 4. The predicted octanol–water partition coefficient (Wildman–Crippen LogP) is 9.98. The van der Waals surface area contributed by atoms with Gasteiger partial charge in [0.05, 0.1) is 17.7 Å². The number of hydrogen-bond acceptors (Lipinski definition) is 15. The van der Waals surface area contributed by atoms with E-state index in [0.29, 0.717) is 55.2 Å². The molecule has 4 fully saturated rings. The van der Waals surface area contributed by atoms with Gasteiger partial charge in [0, 0.05) is 163 Å². The third-order valence-electron chi connectivity index (χ3n) is 17.6. The number of hydroxylamine groups is 2. The van der Waals surface area contributed by atoms with Gasteiger partial charge in [-0.25, -0.2) is 45.4 Å². The summed E-state index contributed by atoms with van der Waals surface area (Å²) in [5, 5.41) is 6.12. The maximum Gasteiger partial charge on any atom is 0.410 e. The topological polar surface area (TPSA) is 205 Å².